The van der Waals surface area contributed by atoms with E-state index in [9.17, 15) is 4.39 Å². The van der Waals surface area contributed by atoms with Gasteiger partial charge in [-0.2, -0.15) is 0 Å². The molecule has 1 atom stereocenters. The monoisotopic (exact) mass is 331 g/mol. The third-order valence-corrected chi connectivity index (χ3v) is 4.69. The van der Waals surface area contributed by atoms with Crippen LogP contribution in [0.1, 0.15) is 25.6 Å². The van der Waals surface area contributed by atoms with Gasteiger partial charge < -0.3 is 14.2 Å². The summed E-state index contributed by atoms with van der Waals surface area (Å²) in [5.41, 5.74) is 0. The lowest BCUT2D eigenvalue weighted by Gasteiger charge is -2.32. The lowest BCUT2D eigenvalue weighted by molar-refractivity contribution is 0.125. The zero-order valence-electron chi connectivity index (χ0n) is 14.3. The average Bonchev–Trinajstić information content (AvgIpc) is 3.07. The van der Waals surface area contributed by atoms with Crippen LogP contribution in [0.3, 0.4) is 0 Å². The van der Waals surface area contributed by atoms with E-state index in [0.29, 0.717) is 18.3 Å². The van der Waals surface area contributed by atoms with E-state index in [1.54, 1.807) is 12.1 Å². The Kier molecular flexibility index (Phi) is 5.86. The van der Waals surface area contributed by atoms with Crippen LogP contribution in [0.2, 0.25) is 0 Å². The minimum Gasteiger partial charge on any atom is -0.490 e. The van der Waals surface area contributed by atoms with Crippen LogP contribution in [-0.2, 0) is 13.0 Å². The molecule has 130 valence electrons. The molecule has 0 saturated carbocycles. The maximum Gasteiger partial charge on any atom is 0.165 e. The number of imidazole rings is 1. The largest absolute Gasteiger partial charge is 0.490 e. The van der Waals surface area contributed by atoms with Crippen molar-refractivity contribution in [3.05, 3.63) is 48.3 Å². The minimum atomic E-state index is -0.280. The summed E-state index contributed by atoms with van der Waals surface area (Å²) >= 11 is 0. The molecule has 1 aliphatic rings. The molecule has 1 saturated heterocycles. The molecule has 5 heteroatoms. The fourth-order valence-electron chi connectivity index (χ4n) is 3.37. The molecule has 2 heterocycles. The van der Waals surface area contributed by atoms with Crippen molar-refractivity contribution in [2.45, 2.75) is 32.7 Å². The van der Waals surface area contributed by atoms with Gasteiger partial charge in [-0.25, -0.2) is 9.37 Å². The van der Waals surface area contributed by atoms with Gasteiger partial charge in [0.15, 0.2) is 11.6 Å². The van der Waals surface area contributed by atoms with E-state index >= 15 is 0 Å². The Labute approximate surface area is 143 Å². The van der Waals surface area contributed by atoms with Crippen LogP contribution in [0, 0.1) is 11.7 Å². The van der Waals surface area contributed by atoms with Gasteiger partial charge in [-0.3, -0.25) is 0 Å². The van der Waals surface area contributed by atoms with Crippen LogP contribution in [0.25, 0.3) is 0 Å². The first kappa shape index (κ1) is 17.0. The molecule has 24 heavy (non-hydrogen) atoms. The number of nitrogens with zero attached hydrogens (tertiary/aromatic N) is 3. The van der Waals surface area contributed by atoms with Gasteiger partial charge >= 0.3 is 0 Å². The Morgan fingerprint density at radius 1 is 1.29 bits per heavy atom. The predicted molar refractivity (Wildman–Crippen MR) is 92.7 cm³/mol. The second kappa shape index (κ2) is 8.29. The molecule has 0 unspecified atom stereocenters. The first-order valence-corrected chi connectivity index (χ1v) is 8.86. The molecule has 0 N–H and O–H groups in total. The maximum absolute atomic E-state index is 13.6. The van der Waals surface area contributed by atoms with Gasteiger partial charge in [0.25, 0.3) is 0 Å². The van der Waals surface area contributed by atoms with Crippen molar-refractivity contribution < 1.29 is 9.13 Å². The molecule has 0 amide bonds. The Morgan fingerprint density at radius 2 is 2.17 bits per heavy atom. The summed E-state index contributed by atoms with van der Waals surface area (Å²) in [5.74, 6) is 1.69. The van der Waals surface area contributed by atoms with Gasteiger partial charge in [-0.1, -0.05) is 19.1 Å². The highest BCUT2D eigenvalue weighted by molar-refractivity contribution is 5.23. The van der Waals surface area contributed by atoms with Gasteiger partial charge in [0, 0.05) is 44.4 Å². The SMILES string of the molecule is CCc1nccn1CCN1CCC[C@@H](COc2ccccc2F)C1. The highest BCUT2D eigenvalue weighted by Crippen LogP contribution is 2.20. The van der Waals surface area contributed by atoms with E-state index < -0.39 is 0 Å². The Bertz CT molecular complexity index is 643. The second-order valence-corrected chi connectivity index (χ2v) is 6.44. The minimum absolute atomic E-state index is 0.280. The summed E-state index contributed by atoms with van der Waals surface area (Å²) in [7, 11) is 0. The molecule has 3 rings (SSSR count). The van der Waals surface area contributed by atoms with Crippen LogP contribution in [-0.4, -0.2) is 40.7 Å². The number of para-hydroxylation sites is 1. The third-order valence-electron chi connectivity index (χ3n) is 4.69. The summed E-state index contributed by atoms with van der Waals surface area (Å²) in [4.78, 5) is 6.86. The zero-order chi connectivity index (χ0) is 16.8. The average molecular weight is 331 g/mol. The van der Waals surface area contributed by atoms with E-state index in [1.807, 2.05) is 12.3 Å². The first-order chi connectivity index (χ1) is 11.8. The van der Waals surface area contributed by atoms with Crippen LogP contribution >= 0.6 is 0 Å². The number of hydrogen-bond donors (Lipinski definition) is 0. The summed E-state index contributed by atoms with van der Waals surface area (Å²) < 4.78 is 21.6. The number of aryl methyl sites for hydroxylation is 1. The van der Waals surface area contributed by atoms with Gasteiger partial charge in [-0.15, -0.1) is 0 Å². The highest BCUT2D eigenvalue weighted by atomic mass is 19.1. The summed E-state index contributed by atoms with van der Waals surface area (Å²) in [6, 6.07) is 6.63. The van der Waals surface area contributed by atoms with E-state index in [1.165, 1.54) is 12.5 Å². The highest BCUT2D eigenvalue weighted by Gasteiger charge is 2.20. The van der Waals surface area contributed by atoms with Crippen LogP contribution in [0.5, 0.6) is 5.75 Å². The topological polar surface area (TPSA) is 30.3 Å². The van der Waals surface area contributed by atoms with Crippen molar-refractivity contribution in [2.75, 3.05) is 26.2 Å². The molecular formula is C19H26FN3O. The Balaban J connectivity index is 1.47. The number of aromatic nitrogens is 2. The smallest absolute Gasteiger partial charge is 0.165 e. The molecule has 0 aliphatic carbocycles. The summed E-state index contributed by atoms with van der Waals surface area (Å²) in [5, 5.41) is 0. The number of hydrogen-bond acceptors (Lipinski definition) is 3. The first-order valence-electron chi connectivity index (χ1n) is 8.86. The number of likely N-dealkylation sites (tertiary alicyclic amines) is 1. The normalized spacial score (nSPS) is 18.7. The van der Waals surface area contributed by atoms with Crippen molar-refractivity contribution >= 4 is 0 Å². The van der Waals surface area contributed by atoms with Gasteiger partial charge in [0.1, 0.15) is 5.82 Å². The van der Waals surface area contributed by atoms with E-state index in [4.69, 9.17) is 4.74 Å². The Morgan fingerprint density at radius 3 is 3.00 bits per heavy atom. The number of rotatable bonds is 7. The predicted octanol–water partition coefficient (Wildman–Crippen LogP) is 3.38. The number of benzene rings is 1. The van der Waals surface area contributed by atoms with Gasteiger partial charge in [0.2, 0.25) is 0 Å². The lowest BCUT2D eigenvalue weighted by atomic mass is 9.99. The molecule has 1 fully saturated rings. The molecular weight excluding hydrogens is 305 g/mol. The zero-order valence-corrected chi connectivity index (χ0v) is 14.3. The molecule has 1 aromatic heterocycles. The van der Waals surface area contributed by atoms with Crippen molar-refractivity contribution in [2.24, 2.45) is 5.92 Å². The molecule has 0 spiro atoms. The third kappa shape index (κ3) is 4.35. The number of piperidine rings is 1. The number of halogens is 1. The van der Waals surface area contributed by atoms with Crippen molar-refractivity contribution in [1.29, 1.82) is 0 Å². The summed E-state index contributed by atoms with van der Waals surface area (Å²) in [6.07, 6.45) is 7.22. The van der Waals surface area contributed by atoms with Crippen LogP contribution in [0.15, 0.2) is 36.7 Å². The van der Waals surface area contributed by atoms with Gasteiger partial charge in [-0.05, 0) is 31.5 Å². The molecule has 1 aliphatic heterocycles. The van der Waals surface area contributed by atoms with E-state index in [0.717, 1.165) is 44.8 Å². The standard InChI is InChI=1S/C19H26FN3O/c1-2-19-21-9-11-23(19)13-12-22-10-5-6-16(14-22)15-24-18-8-4-3-7-17(18)20/h3-4,7-9,11,16H,2,5-6,10,12-15H2,1H3/t16-/m1/s1. The fourth-order valence-corrected chi connectivity index (χ4v) is 3.37. The van der Waals surface area contributed by atoms with E-state index in [-0.39, 0.29) is 5.82 Å². The van der Waals surface area contributed by atoms with Crippen molar-refractivity contribution in [3.8, 4) is 5.75 Å². The van der Waals surface area contributed by atoms with Crippen molar-refractivity contribution in [3.63, 3.8) is 0 Å². The molecule has 2 aromatic rings. The Hall–Kier alpha value is -1.88. The molecule has 1 aromatic carbocycles. The van der Waals surface area contributed by atoms with Gasteiger partial charge in [0.05, 0.1) is 6.61 Å². The second-order valence-electron chi connectivity index (χ2n) is 6.44. The summed E-state index contributed by atoms with van der Waals surface area (Å²) in [6.45, 7) is 6.87. The van der Waals surface area contributed by atoms with Crippen molar-refractivity contribution in [1.82, 2.24) is 14.5 Å². The fraction of sp³-hybridized carbons (Fsp3) is 0.526. The molecule has 0 bridgehead atoms. The quantitative estimate of drug-likeness (QED) is 0.779. The number of ether oxygens (including phenoxy) is 1. The molecule has 4 nitrogen and oxygen atoms in total. The maximum atomic E-state index is 13.6. The van der Waals surface area contributed by atoms with E-state index in [2.05, 4.69) is 27.6 Å². The van der Waals surface area contributed by atoms with Crippen LogP contribution in [0.4, 0.5) is 4.39 Å². The van der Waals surface area contributed by atoms with Crippen LogP contribution < -0.4 is 4.74 Å². The lowest BCUT2D eigenvalue weighted by Crippen LogP contribution is -2.39. The molecule has 0 radical (unpaired) electrons.